The minimum absolute atomic E-state index is 0.0756. The fourth-order valence-corrected chi connectivity index (χ4v) is 1.52. The first kappa shape index (κ1) is 13.0. The van der Waals surface area contributed by atoms with Crippen molar-refractivity contribution in [3.05, 3.63) is 65.2 Å². The molecule has 0 unspecified atom stereocenters. The van der Waals surface area contributed by atoms with E-state index >= 15 is 0 Å². The minimum atomic E-state index is -1.33. The van der Waals surface area contributed by atoms with Crippen molar-refractivity contribution < 1.29 is 23.4 Å². The van der Waals surface area contributed by atoms with Crippen molar-refractivity contribution in [2.75, 3.05) is 0 Å². The zero-order valence-electron chi connectivity index (χ0n) is 9.77. The van der Waals surface area contributed by atoms with Gasteiger partial charge in [-0.1, -0.05) is 6.07 Å². The summed E-state index contributed by atoms with van der Waals surface area (Å²) in [4.78, 5) is 10.8. The molecule has 0 amide bonds. The molecule has 0 saturated carbocycles. The number of rotatable bonds is 4. The van der Waals surface area contributed by atoms with Gasteiger partial charge in [-0.3, -0.25) is 0 Å². The molecule has 0 radical (unpaired) electrons. The monoisotopic (exact) mass is 264 g/mol. The molecule has 1 N–H and O–H groups in total. The fraction of sp³-hybridized carbons (Fsp3) is 0.0714. The van der Waals surface area contributed by atoms with Gasteiger partial charge >= 0.3 is 5.97 Å². The van der Waals surface area contributed by atoms with Crippen LogP contribution in [-0.2, 0) is 6.61 Å². The molecule has 2 aromatic rings. The lowest BCUT2D eigenvalue weighted by atomic mass is 10.1. The SMILES string of the molecule is O=C(O)c1cc(COc2ccc(F)cc2)ccc1F. The Bertz CT molecular complexity index is 594. The maximum atomic E-state index is 13.2. The van der Waals surface area contributed by atoms with Crippen LogP contribution in [0.15, 0.2) is 42.5 Å². The van der Waals surface area contributed by atoms with Gasteiger partial charge < -0.3 is 9.84 Å². The summed E-state index contributed by atoms with van der Waals surface area (Å²) < 4.78 is 31.2. The van der Waals surface area contributed by atoms with Gasteiger partial charge in [0.15, 0.2) is 0 Å². The highest BCUT2D eigenvalue weighted by Crippen LogP contribution is 2.15. The van der Waals surface area contributed by atoms with Crippen LogP contribution in [-0.4, -0.2) is 11.1 Å². The number of carbonyl (C=O) groups is 1. The van der Waals surface area contributed by atoms with Crippen LogP contribution in [0.4, 0.5) is 8.78 Å². The number of benzene rings is 2. The Hall–Kier alpha value is -2.43. The van der Waals surface area contributed by atoms with Crippen molar-refractivity contribution in [3.8, 4) is 5.75 Å². The van der Waals surface area contributed by atoms with E-state index in [2.05, 4.69) is 0 Å². The first-order valence-corrected chi connectivity index (χ1v) is 5.46. The normalized spacial score (nSPS) is 10.2. The van der Waals surface area contributed by atoms with E-state index in [1.54, 1.807) is 0 Å². The molecule has 2 aromatic carbocycles. The molecular weight excluding hydrogens is 254 g/mol. The van der Waals surface area contributed by atoms with E-state index in [1.165, 1.54) is 36.4 Å². The zero-order valence-corrected chi connectivity index (χ0v) is 9.77. The lowest BCUT2D eigenvalue weighted by molar-refractivity contribution is 0.0691. The van der Waals surface area contributed by atoms with Gasteiger partial charge in [0.2, 0.25) is 0 Å². The van der Waals surface area contributed by atoms with Crippen LogP contribution >= 0.6 is 0 Å². The van der Waals surface area contributed by atoms with Crippen molar-refractivity contribution in [2.24, 2.45) is 0 Å². The summed E-state index contributed by atoms with van der Waals surface area (Å²) in [6, 6.07) is 9.14. The lowest BCUT2D eigenvalue weighted by Crippen LogP contribution is -2.03. The van der Waals surface area contributed by atoms with Crippen LogP contribution in [0, 0.1) is 11.6 Å². The van der Waals surface area contributed by atoms with E-state index in [0.29, 0.717) is 11.3 Å². The molecule has 3 nitrogen and oxygen atoms in total. The van der Waals surface area contributed by atoms with Gasteiger partial charge in [-0.2, -0.15) is 0 Å². The fourth-order valence-electron chi connectivity index (χ4n) is 1.52. The number of aromatic carboxylic acids is 1. The molecule has 0 spiro atoms. The maximum Gasteiger partial charge on any atom is 0.338 e. The van der Waals surface area contributed by atoms with Crippen LogP contribution in [0.2, 0.25) is 0 Å². The van der Waals surface area contributed by atoms with E-state index in [0.717, 1.165) is 6.07 Å². The summed E-state index contributed by atoms with van der Waals surface area (Å²) in [5, 5.41) is 8.78. The molecule has 0 aliphatic rings. The van der Waals surface area contributed by atoms with Crippen molar-refractivity contribution >= 4 is 5.97 Å². The highest BCUT2D eigenvalue weighted by Gasteiger charge is 2.10. The Kier molecular flexibility index (Phi) is 3.75. The quantitative estimate of drug-likeness (QED) is 0.922. The molecular formula is C14H10F2O3. The first-order chi connectivity index (χ1) is 9.06. The molecule has 0 bridgehead atoms. The second-order valence-electron chi connectivity index (χ2n) is 3.86. The van der Waals surface area contributed by atoms with Gasteiger partial charge in [-0.25, -0.2) is 13.6 Å². The summed E-state index contributed by atoms with van der Waals surface area (Å²) in [7, 11) is 0. The Morgan fingerprint density at radius 2 is 1.79 bits per heavy atom. The van der Waals surface area contributed by atoms with Gasteiger partial charge in [0.25, 0.3) is 0 Å². The second kappa shape index (κ2) is 5.48. The first-order valence-electron chi connectivity index (χ1n) is 5.46. The van der Waals surface area contributed by atoms with Crippen LogP contribution in [0.5, 0.6) is 5.75 Å². The molecule has 19 heavy (non-hydrogen) atoms. The molecule has 98 valence electrons. The molecule has 2 rings (SSSR count). The number of carboxylic acids is 1. The van der Waals surface area contributed by atoms with Crippen LogP contribution in [0.1, 0.15) is 15.9 Å². The average Bonchev–Trinajstić information content (AvgIpc) is 2.39. The van der Waals surface area contributed by atoms with Crippen LogP contribution in [0.25, 0.3) is 0 Å². The van der Waals surface area contributed by atoms with Crippen molar-refractivity contribution in [2.45, 2.75) is 6.61 Å². The van der Waals surface area contributed by atoms with E-state index in [4.69, 9.17) is 9.84 Å². The number of ether oxygens (including phenoxy) is 1. The standard InChI is InChI=1S/C14H10F2O3/c15-10-2-4-11(5-3-10)19-8-9-1-6-13(16)12(7-9)14(17)18/h1-7H,8H2,(H,17,18). The zero-order chi connectivity index (χ0) is 13.8. The second-order valence-corrected chi connectivity index (χ2v) is 3.86. The minimum Gasteiger partial charge on any atom is -0.489 e. The molecule has 0 aromatic heterocycles. The van der Waals surface area contributed by atoms with Gasteiger partial charge in [-0.15, -0.1) is 0 Å². The van der Waals surface area contributed by atoms with Crippen LogP contribution < -0.4 is 4.74 Å². The molecule has 5 heteroatoms. The Labute approximate surface area is 108 Å². The molecule has 0 aliphatic heterocycles. The predicted molar refractivity (Wildman–Crippen MR) is 64.1 cm³/mol. The molecule has 0 heterocycles. The van der Waals surface area contributed by atoms with E-state index in [-0.39, 0.29) is 12.4 Å². The summed E-state index contributed by atoms with van der Waals surface area (Å²) in [5.74, 6) is -2.05. The highest BCUT2D eigenvalue weighted by molar-refractivity contribution is 5.88. The summed E-state index contributed by atoms with van der Waals surface area (Å²) >= 11 is 0. The van der Waals surface area contributed by atoms with Gasteiger partial charge in [0.1, 0.15) is 24.0 Å². The van der Waals surface area contributed by atoms with Crippen molar-refractivity contribution in [1.82, 2.24) is 0 Å². The Morgan fingerprint density at radius 3 is 2.42 bits per heavy atom. The van der Waals surface area contributed by atoms with E-state index in [1.807, 2.05) is 0 Å². The third-order valence-corrected chi connectivity index (χ3v) is 2.48. The maximum absolute atomic E-state index is 13.2. The molecule has 0 aliphatic carbocycles. The van der Waals surface area contributed by atoms with E-state index < -0.39 is 17.3 Å². The highest BCUT2D eigenvalue weighted by atomic mass is 19.1. The largest absolute Gasteiger partial charge is 0.489 e. The number of carboxylic acid groups (broad SMARTS) is 1. The molecule has 0 fully saturated rings. The van der Waals surface area contributed by atoms with Gasteiger partial charge in [0, 0.05) is 0 Å². The summed E-state index contributed by atoms with van der Waals surface area (Å²) in [6.07, 6.45) is 0. The molecule has 0 saturated heterocycles. The molecule has 0 atom stereocenters. The number of halogens is 2. The van der Waals surface area contributed by atoms with Gasteiger partial charge in [-0.05, 0) is 42.0 Å². The summed E-state index contributed by atoms with van der Waals surface area (Å²) in [5.41, 5.74) is 0.114. The topological polar surface area (TPSA) is 46.5 Å². The van der Waals surface area contributed by atoms with Crippen molar-refractivity contribution in [3.63, 3.8) is 0 Å². The number of hydrogen-bond donors (Lipinski definition) is 1. The Balaban J connectivity index is 2.09. The van der Waals surface area contributed by atoms with Crippen molar-refractivity contribution in [1.29, 1.82) is 0 Å². The smallest absolute Gasteiger partial charge is 0.338 e. The van der Waals surface area contributed by atoms with Crippen LogP contribution in [0.3, 0.4) is 0 Å². The predicted octanol–water partition coefficient (Wildman–Crippen LogP) is 3.24. The summed E-state index contributed by atoms with van der Waals surface area (Å²) in [6.45, 7) is 0.0756. The average molecular weight is 264 g/mol. The van der Waals surface area contributed by atoms with Gasteiger partial charge in [0.05, 0.1) is 5.56 Å². The Morgan fingerprint density at radius 1 is 1.11 bits per heavy atom. The third-order valence-electron chi connectivity index (χ3n) is 2.48. The number of hydrogen-bond acceptors (Lipinski definition) is 2. The third kappa shape index (κ3) is 3.28. The lowest BCUT2D eigenvalue weighted by Gasteiger charge is -2.07. The van der Waals surface area contributed by atoms with E-state index in [9.17, 15) is 13.6 Å².